The number of H-pyrrole nitrogens is 1. The maximum Gasteiger partial charge on any atom is 0.263 e. The quantitative estimate of drug-likeness (QED) is 0.724. The van der Waals surface area contributed by atoms with Crippen molar-refractivity contribution in [1.29, 1.82) is 0 Å². The average Bonchev–Trinajstić information content (AvgIpc) is 3.13. The molecule has 2 aromatic heterocycles. The van der Waals surface area contributed by atoms with Crippen LogP contribution in [-0.4, -0.2) is 59.3 Å². The van der Waals surface area contributed by atoms with E-state index in [1.165, 1.54) is 6.20 Å². The fraction of sp³-hybridized carbons (Fsp3) is 0.353. The minimum Gasteiger partial charge on any atom is -0.486 e. The Morgan fingerprint density at radius 2 is 1.85 bits per heavy atom. The summed E-state index contributed by atoms with van der Waals surface area (Å²) in [5, 5.41) is 4.80. The lowest BCUT2D eigenvalue weighted by atomic mass is 10.2. The Hall–Kier alpha value is -3.07. The van der Waals surface area contributed by atoms with Crippen molar-refractivity contribution in [2.45, 2.75) is 0 Å². The van der Waals surface area contributed by atoms with Gasteiger partial charge >= 0.3 is 0 Å². The molecule has 26 heavy (non-hydrogen) atoms. The van der Waals surface area contributed by atoms with E-state index in [-0.39, 0.29) is 5.56 Å². The molecule has 2 aliphatic heterocycles. The number of aromatic nitrogens is 4. The number of nitrogens with one attached hydrogen (secondary N) is 1. The number of nitrogens with zero attached hydrogens (tertiary/aromatic N) is 4. The Morgan fingerprint density at radius 3 is 2.69 bits per heavy atom. The molecule has 4 heterocycles. The Labute approximate surface area is 148 Å². The first kappa shape index (κ1) is 15.2. The van der Waals surface area contributed by atoms with Crippen LogP contribution in [0.4, 0.5) is 5.95 Å². The minimum absolute atomic E-state index is 0.208. The molecule has 2 aliphatic rings. The van der Waals surface area contributed by atoms with Crippen molar-refractivity contribution >= 4 is 17.0 Å². The summed E-state index contributed by atoms with van der Waals surface area (Å²) in [6, 6.07) is 5.56. The monoisotopic (exact) mass is 355 g/mol. The van der Waals surface area contributed by atoms with Crippen molar-refractivity contribution in [1.82, 2.24) is 19.7 Å². The summed E-state index contributed by atoms with van der Waals surface area (Å²) in [6.45, 7) is 3.65. The number of aromatic amines is 1. The predicted octanol–water partition coefficient (Wildman–Crippen LogP) is 0.717. The SMILES string of the molecule is O=c1[nH]c(N2CCOCC2)nc2c1cnn2-c1ccc2c(c1)OCCO2. The normalized spacial score (nSPS) is 16.8. The third kappa shape index (κ3) is 2.48. The molecule has 0 radical (unpaired) electrons. The zero-order valence-electron chi connectivity index (χ0n) is 14.0. The number of rotatable bonds is 2. The van der Waals surface area contributed by atoms with Crippen molar-refractivity contribution in [2.75, 3.05) is 44.4 Å². The average molecular weight is 355 g/mol. The first-order chi connectivity index (χ1) is 12.8. The molecule has 134 valence electrons. The van der Waals surface area contributed by atoms with E-state index in [0.29, 0.717) is 68.0 Å². The number of anilines is 1. The van der Waals surface area contributed by atoms with E-state index in [2.05, 4.69) is 15.1 Å². The van der Waals surface area contributed by atoms with Crippen molar-refractivity contribution in [3.05, 3.63) is 34.7 Å². The smallest absolute Gasteiger partial charge is 0.263 e. The Kier molecular flexibility index (Phi) is 3.52. The van der Waals surface area contributed by atoms with Gasteiger partial charge < -0.3 is 19.1 Å². The van der Waals surface area contributed by atoms with E-state index < -0.39 is 0 Å². The summed E-state index contributed by atoms with van der Waals surface area (Å²) in [6.07, 6.45) is 1.53. The van der Waals surface area contributed by atoms with Gasteiger partial charge in [0, 0.05) is 19.2 Å². The highest BCUT2D eigenvalue weighted by molar-refractivity contribution is 5.76. The Balaban J connectivity index is 1.62. The maximum absolute atomic E-state index is 12.5. The van der Waals surface area contributed by atoms with Crippen molar-refractivity contribution in [2.24, 2.45) is 0 Å². The summed E-state index contributed by atoms with van der Waals surface area (Å²) < 4.78 is 18.2. The maximum atomic E-state index is 12.5. The molecular formula is C17H17N5O4. The summed E-state index contributed by atoms with van der Waals surface area (Å²) >= 11 is 0. The molecular weight excluding hydrogens is 338 g/mol. The van der Waals surface area contributed by atoms with Gasteiger partial charge in [0.05, 0.1) is 25.1 Å². The number of fused-ring (bicyclic) bond motifs is 2. The largest absolute Gasteiger partial charge is 0.486 e. The molecule has 0 aliphatic carbocycles. The van der Waals surface area contributed by atoms with E-state index in [1.807, 2.05) is 23.1 Å². The van der Waals surface area contributed by atoms with Crippen LogP contribution in [0.25, 0.3) is 16.7 Å². The molecule has 1 fully saturated rings. The molecule has 0 saturated carbocycles. The molecule has 1 aromatic carbocycles. The first-order valence-corrected chi connectivity index (χ1v) is 8.50. The molecule has 9 nitrogen and oxygen atoms in total. The van der Waals surface area contributed by atoms with Gasteiger partial charge in [0.15, 0.2) is 17.1 Å². The third-order valence-electron chi connectivity index (χ3n) is 4.51. The lowest BCUT2D eigenvalue weighted by molar-refractivity contribution is 0.122. The Morgan fingerprint density at radius 1 is 1.04 bits per heavy atom. The van der Waals surface area contributed by atoms with E-state index in [1.54, 1.807) is 4.68 Å². The van der Waals surface area contributed by atoms with Crippen LogP contribution in [-0.2, 0) is 4.74 Å². The molecule has 0 spiro atoms. The predicted molar refractivity (Wildman–Crippen MR) is 93.5 cm³/mol. The van der Waals surface area contributed by atoms with Crippen LogP contribution in [0, 0.1) is 0 Å². The molecule has 9 heteroatoms. The van der Waals surface area contributed by atoms with Gasteiger partial charge in [-0.15, -0.1) is 0 Å². The molecule has 3 aromatic rings. The summed E-state index contributed by atoms with van der Waals surface area (Å²) in [5.74, 6) is 1.90. The molecule has 0 amide bonds. The number of ether oxygens (including phenoxy) is 3. The number of hydrogen-bond acceptors (Lipinski definition) is 7. The minimum atomic E-state index is -0.208. The number of morpholine rings is 1. The molecule has 5 rings (SSSR count). The zero-order valence-corrected chi connectivity index (χ0v) is 14.0. The highest BCUT2D eigenvalue weighted by atomic mass is 16.6. The van der Waals surface area contributed by atoms with E-state index in [0.717, 1.165) is 5.69 Å². The van der Waals surface area contributed by atoms with Crippen molar-refractivity contribution in [3.63, 3.8) is 0 Å². The summed E-state index contributed by atoms with van der Waals surface area (Å²) in [4.78, 5) is 22.0. The van der Waals surface area contributed by atoms with E-state index >= 15 is 0 Å². The van der Waals surface area contributed by atoms with Crippen molar-refractivity contribution < 1.29 is 14.2 Å². The van der Waals surface area contributed by atoms with Gasteiger partial charge in [-0.1, -0.05) is 0 Å². The van der Waals surface area contributed by atoms with Crippen molar-refractivity contribution in [3.8, 4) is 17.2 Å². The van der Waals surface area contributed by atoms with Crippen LogP contribution in [0.5, 0.6) is 11.5 Å². The van der Waals surface area contributed by atoms with Gasteiger partial charge in [-0.25, -0.2) is 4.68 Å². The number of hydrogen-bond donors (Lipinski definition) is 1. The van der Waals surface area contributed by atoms with E-state index in [4.69, 9.17) is 14.2 Å². The van der Waals surface area contributed by atoms with Crippen LogP contribution in [0.3, 0.4) is 0 Å². The standard InChI is InChI=1S/C17H17N5O4/c23-16-12-10-18-22(11-1-2-13-14(9-11)26-8-7-25-13)15(12)19-17(20-16)21-3-5-24-6-4-21/h1-2,9-10H,3-8H2,(H,19,20,23). The van der Waals surface area contributed by atoms with Gasteiger partial charge in [0.25, 0.3) is 5.56 Å². The zero-order chi connectivity index (χ0) is 17.5. The van der Waals surface area contributed by atoms with Gasteiger partial charge in [-0.2, -0.15) is 10.1 Å². The van der Waals surface area contributed by atoms with Gasteiger partial charge in [-0.05, 0) is 12.1 Å². The lowest BCUT2D eigenvalue weighted by Gasteiger charge is -2.27. The molecule has 0 atom stereocenters. The molecule has 1 N–H and O–H groups in total. The highest BCUT2D eigenvalue weighted by Crippen LogP contribution is 2.32. The van der Waals surface area contributed by atoms with Gasteiger partial charge in [0.2, 0.25) is 5.95 Å². The van der Waals surface area contributed by atoms with Crippen LogP contribution in [0.15, 0.2) is 29.2 Å². The second-order valence-corrected chi connectivity index (χ2v) is 6.11. The summed E-state index contributed by atoms with van der Waals surface area (Å²) in [5.41, 5.74) is 1.06. The van der Waals surface area contributed by atoms with Crippen LogP contribution < -0.4 is 19.9 Å². The highest BCUT2D eigenvalue weighted by Gasteiger charge is 2.19. The number of benzene rings is 1. The fourth-order valence-electron chi connectivity index (χ4n) is 3.18. The van der Waals surface area contributed by atoms with Gasteiger partial charge in [-0.3, -0.25) is 9.78 Å². The third-order valence-corrected chi connectivity index (χ3v) is 4.51. The molecule has 0 bridgehead atoms. The van der Waals surface area contributed by atoms with Crippen LogP contribution >= 0.6 is 0 Å². The van der Waals surface area contributed by atoms with Crippen LogP contribution in [0.1, 0.15) is 0 Å². The fourth-order valence-corrected chi connectivity index (χ4v) is 3.18. The second-order valence-electron chi connectivity index (χ2n) is 6.11. The van der Waals surface area contributed by atoms with E-state index in [9.17, 15) is 4.79 Å². The Bertz CT molecular complexity index is 1020. The second kappa shape index (κ2) is 6.03. The van der Waals surface area contributed by atoms with Crippen LogP contribution in [0.2, 0.25) is 0 Å². The molecule has 1 saturated heterocycles. The van der Waals surface area contributed by atoms with Gasteiger partial charge in [0.1, 0.15) is 18.6 Å². The first-order valence-electron chi connectivity index (χ1n) is 8.50. The summed E-state index contributed by atoms with van der Waals surface area (Å²) in [7, 11) is 0. The molecule has 0 unspecified atom stereocenters. The topological polar surface area (TPSA) is 94.5 Å². The lowest BCUT2D eigenvalue weighted by Crippen LogP contribution is -2.38.